The molecule has 13 aromatic rings. The number of fused-ring (bicyclic) bond motifs is 2. The van der Waals surface area contributed by atoms with Crippen LogP contribution in [0.5, 0.6) is 0 Å². The van der Waals surface area contributed by atoms with Gasteiger partial charge in [-0.05, 0) is 53.6 Å². The normalized spacial score (nSPS) is 11.6. The molecule has 0 fully saturated rings. The number of anilines is 6. The molecule has 0 unspecified atom stereocenters. The van der Waals surface area contributed by atoms with Crippen LogP contribution in [0.15, 0.2) is 273 Å². The number of para-hydroxylation sites is 4. The third kappa shape index (κ3) is 9.34. The zero-order valence-corrected chi connectivity index (χ0v) is 43.9. The van der Waals surface area contributed by atoms with Crippen molar-refractivity contribution in [2.75, 3.05) is 9.80 Å². The molecule has 0 N–H and O–H groups in total. The van der Waals surface area contributed by atoms with Gasteiger partial charge in [-0.25, -0.2) is 34.7 Å². The predicted molar refractivity (Wildman–Crippen MR) is 327 cm³/mol. The highest BCUT2D eigenvalue weighted by atomic mass is 15.3. The van der Waals surface area contributed by atoms with Crippen molar-refractivity contribution in [3.8, 4) is 102 Å². The van der Waals surface area contributed by atoms with Crippen molar-refractivity contribution in [1.82, 2.24) is 39.9 Å². The lowest BCUT2D eigenvalue weighted by Gasteiger charge is -2.40. The molecule has 0 saturated carbocycles. The molecule has 82 heavy (non-hydrogen) atoms. The second kappa shape index (κ2) is 21.3. The van der Waals surface area contributed by atoms with E-state index in [2.05, 4.69) is 75.3 Å². The van der Waals surface area contributed by atoms with E-state index in [4.69, 9.17) is 46.4 Å². The highest BCUT2D eigenvalue weighted by molar-refractivity contribution is 6.05. The molecule has 0 atom stereocenters. The molecule has 0 radical (unpaired) electrons. The monoisotopic (exact) mass is 1050 g/mol. The van der Waals surface area contributed by atoms with E-state index >= 15 is 0 Å². The number of aromatic nitrogens is 8. The molecule has 1 aliphatic heterocycles. The molecule has 0 saturated heterocycles. The van der Waals surface area contributed by atoms with Crippen LogP contribution in [0.1, 0.15) is 0 Å². The lowest BCUT2D eigenvalue weighted by molar-refractivity contribution is 1.01. The van der Waals surface area contributed by atoms with Gasteiger partial charge in [0, 0.05) is 44.5 Å². The molecule has 0 aliphatic carbocycles. The van der Waals surface area contributed by atoms with Crippen molar-refractivity contribution < 1.29 is 0 Å². The SMILES string of the molecule is [C-]#[N+]c1ccc(-c2cc(N3c4ccccc4N(c4nc(-c5ccccc5)nc(-c5ccccc5)n4)c4ccccc43)c(-c3nc(-c4ccccc4)nc(-c4ccccc4)n3)cc2-c2nc(-c3ccccc3)cc(-c3ccccc3)n2)cc1. The predicted octanol–water partition coefficient (Wildman–Crippen LogP) is 17.7. The summed E-state index contributed by atoms with van der Waals surface area (Å²) in [6.45, 7) is 7.95. The van der Waals surface area contributed by atoms with E-state index in [0.29, 0.717) is 52.1 Å². The van der Waals surface area contributed by atoms with E-state index in [1.54, 1.807) is 0 Å². The molecular weight excluding hydrogens is 1010 g/mol. The number of benzene rings is 10. The number of nitrogens with zero attached hydrogens (tertiary/aromatic N) is 11. The molecule has 1 aliphatic rings. The van der Waals surface area contributed by atoms with Gasteiger partial charge in [0.25, 0.3) is 0 Å². The Labute approximate surface area is 473 Å². The molecule has 11 nitrogen and oxygen atoms in total. The van der Waals surface area contributed by atoms with Gasteiger partial charge in [-0.1, -0.05) is 231 Å². The second-order valence-electron chi connectivity index (χ2n) is 19.5. The fourth-order valence-electron chi connectivity index (χ4n) is 10.4. The maximum Gasteiger partial charge on any atom is 0.238 e. The zero-order chi connectivity index (χ0) is 54.8. The summed E-state index contributed by atoms with van der Waals surface area (Å²) in [5.74, 6) is 3.46. The maximum atomic E-state index is 7.95. The molecule has 0 amide bonds. The summed E-state index contributed by atoms with van der Waals surface area (Å²) in [7, 11) is 0. The van der Waals surface area contributed by atoms with Gasteiger partial charge >= 0.3 is 0 Å². The molecule has 11 heteroatoms. The lowest BCUT2D eigenvalue weighted by atomic mass is 9.93. The van der Waals surface area contributed by atoms with Gasteiger partial charge in [0.2, 0.25) is 5.95 Å². The van der Waals surface area contributed by atoms with Gasteiger partial charge in [0.15, 0.2) is 40.6 Å². The quantitative estimate of drug-likeness (QED) is 0.116. The summed E-state index contributed by atoms with van der Waals surface area (Å²) in [4.78, 5) is 50.8. The minimum Gasteiger partial charge on any atom is -0.306 e. The van der Waals surface area contributed by atoms with E-state index < -0.39 is 0 Å². The molecular formula is C71H45N11. The van der Waals surface area contributed by atoms with E-state index in [-0.39, 0.29) is 0 Å². The standard InChI is InChI=1S/C71H45N11/c1-72-54-42-40-47(41-43-54)55-45-64(81-60-36-20-22-38-62(60)82(63-39-23-21-37-61(63)81)71-79-67(52-32-16-6-17-33-52)76-68(80-71)53-34-18-7-19-35-53)57(70-77-65(50-28-12-4-13-29-50)75-66(78-70)51-30-14-5-15-31-51)44-56(55)69-73-58(48-24-8-2-9-25-48)46-59(74-69)49-26-10-3-11-27-49/h2-46H. The van der Waals surface area contributed by atoms with Gasteiger partial charge in [-0.2, -0.15) is 9.97 Å². The number of rotatable bonds is 11. The highest BCUT2D eigenvalue weighted by Crippen LogP contribution is 2.56. The van der Waals surface area contributed by atoms with Crippen molar-refractivity contribution in [3.63, 3.8) is 0 Å². The van der Waals surface area contributed by atoms with Crippen LogP contribution in [0.4, 0.5) is 40.1 Å². The summed E-state index contributed by atoms with van der Waals surface area (Å²) in [6, 6.07) is 91.1. The Morgan fingerprint density at radius 3 is 0.988 bits per heavy atom. The number of hydrogen-bond acceptors (Lipinski definition) is 10. The highest BCUT2D eigenvalue weighted by Gasteiger charge is 2.35. The van der Waals surface area contributed by atoms with Gasteiger partial charge in [0.05, 0.1) is 46.4 Å². The average Bonchev–Trinajstić information content (AvgIpc) is 2.46. The molecule has 14 rings (SSSR count). The van der Waals surface area contributed by atoms with Crippen molar-refractivity contribution >= 4 is 40.1 Å². The maximum absolute atomic E-state index is 7.95. The largest absolute Gasteiger partial charge is 0.306 e. The Morgan fingerprint density at radius 2 is 0.585 bits per heavy atom. The smallest absolute Gasteiger partial charge is 0.238 e. The fraction of sp³-hybridized carbons (Fsp3) is 0. The first-order chi connectivity index (χ1) is 40.6. The van der Waals surface area contributed by atoms with Crippen LogP contribution in [0.3, 0.4) is 0 Å². The lowest BCUT2D eigenvalue weighted by Crippen LogP contribution is -2.26. The molecule has 0 bridgehead atoms. The Hall–Kier alpha value is -11.6. The first kappa shape index (κ1) is 48.7. The Morgan fingerprint density at radius 1 is 0.244 bits per heavy atom. The van der Waals surface area contributed by atoms with Crippen LogP contribution in [0, 0.1) is 6.57 Å². The molecule has 384 valence electrons. The zero-order valence-electron chi connectivity index (χ0n) is 43.9. The summed E-state index contributed by atoms with van der Waals surface area (Å²) >= 11 is 0. The first-order valence-electron chi connectivity index (χ1n) is 26.8. The third-order valence-corrected chi connectivity index (χ3v) is 14.3. The Balaban J connectivity index is 1.07. The van der Waals surface area contributed by atoms with Crippen molar-refractivity contribution in [2.45, 2.75) is 0 Å². The van der Waals surface area contributed by atoms with Crippen LogP contribution in [0.25, 0.3) is 107 Å². The fourth-order valence-corrected chi connectivity index (χ4v) is 10.4. The van der Waals surface area contributed by atoms with E-state index in [9.17, 15) is 0 Å². The third-order valence-electron chi connectivity index (χ3n) is 14.3. The van der Waals surface area contributed by atoms with Crippen molar-refractivity contribution in [2.24, 2.45) is 0 Å². The van der Waals surface area contributed by atoms with E-state index in [0.717, 1.165) is 89.9 Å². The van der Waals surface area contributed by atoms with Gasteiger partial charge in [-0.15, -0.1) is 0 Å². The van der Waals surface area contributed by atoms with E-state index in [1.807, 2.05) is 212 Å². The molecule has 10 aromatic carbocycles. The Bertz CT molecular complexity index is 4280. The first-order valence-corrected chi connectivity index (χ1v) is 26.8. The van der Waals surface area contributed by atoms with Crippen molar-refractivity contribution in [3.05, 3.63) is 284 Å². The second-order valence-corrected chi connectivity index (χ2v) is 19.5. The molecule has 3 aromatic heterocycles. The summed E-state index contributed by atoms with van der Waals surface area (Å²) in [5.41, 5.74) is 14.4. The van der Waals surface area contributed by atoms with Crippen LogP contribution >= 0.6 is 0 Å². The summed E-state index contributed by atoms with van der Waals surface area (Å²) in [5, 5.41) is 0. The van der Waals surface area contributed by atoms with Gasteiger partial charge in [-0.3, -0.25) is 4.90 Å². The van der Waals surface area contributed by atoms with Crippen LogP contribution in [-0.2, 0) is 0 Å². The molecule has 4 heterocycles. The van der Waals surface area contributed by atoms with Crippen LogP contribution < -0.4 is 9.80 Å². The van der Waals surface area contributed by atoms with Gasteiger partial charge in [0.1, 0.15) is 0 Å². The van der Waals surface area contributed by atoms with Crippen LogP contribution in [-0.4, -0.2) is 39.9 Å². The average molecular weight is 1050 g/mol. The minimum absolute atomic E-state index is 0.427. The summed E-state index contributed by atoms with van der Waals surface area (Å²) in [6.07, 6.45) is 0. The topological polar surface area (TPSA) is 114 Å². The van der Waals surface area contributed by atoms with Crippen LogP contribution in [0.2, 0.25) is 0 Å². The summed E-state index contributed by atoms with van der Waals surface area (Å²) < 4.78 is 0. The number of hydrogen-bond donors (Lipinski definition) is 0. The Kier molecular flexibility index (Phi) is 12.7. The minimum atomic E-state index is 0.427. The van der Waals surface area contributed by atoms with Gasteiger partial charge < -0.3 is 4.90 Å². The molecule has 0 spiro atoms. The van der Waals surface area contributed by atoms with Crippen molar-refractivity contribution in [1.29, 1.82) is 0 Å². The van der Waals surface area contributed by atoms with E-state index in [1.165, 1.54) is 0 Å².